The smallest absolute Gasteiger partial charge is 0.0771 e. The number of hydrogen-bond acceptors (Lipinski definition) is 2. The first-order valence-corrected chi connectivity index (χ1v) is 11.5. The van der Waals surface area contributed by atoms with Crippen LogP contribution in [0.1, 0.15) is 6.92 Å². The molecule has 6 aromatic rings. The second-order valence-electron chi connectivity index (χ2n) is 6.93. The summed E-state index contributed by atoms with van der Waals surface area (Å²) in [6.07, 6.45) is 0. The van der Waals surface area contributed by atoms with Crippen LogP contribution >= 0.6 is 0 Å². The van der Waals surface area contributed by atoms with E-state index in [4.69, 9.17) is 10.2 Å². The summed E-state index contributed by atoms with van der Waals surface area (Å²) in [6.45, 7) is 2.00. The van der Waals surface area contributed by atoms with Crippen LogP contribution in [-0.4, -0.2) is 18.5 Å². The zero-order valence-electron chi connectivity index (χ0n) is 19.3. The molecule has 0 spiro atoms. The van der Waals surface area contributed by atoms with Crippen molar-refractivity contribution in [1.29, 1.82) is 0 Å². The van der Waals surface area contributed by atoms with E-state index in [1.807, 2.05) is 31.2 Å². The third kappa shape index (κ3) is 6.57. The normalized spacial score (nSPS) is 9.55. The standard InChI is InChI=1S/2C13H9.C2H4.2CH3O.Ti/c2*1-3-7-12-10(5-1)9-11-6-2-4-8-13(11)12;3*1-2;/h2*1-9H;1H,2H3;2*1H3;/q2*-1;;2*-1;+2. The Kier molecular flexibility index (Phi) is 11.4. The number of rotatable bonds is 0. The molecule has 6 rings (SSSR count). The van der Waals surface area contributed by atoms with Crippen LogP contribution in [0.5, 0.6) is 0 Å². The van der Waals surface area contributed by atoms with Gasteiger partial charge in [-0.2, -0.15) is 14.2 Å². The van der Waals surface area contributed by atoms with Crippen molar-refractivity contribution in [2.45, 2.75) is 6.92 Å². The molecule has 166 valence electrons. The Hall–Kier alpha value is -2.88. The molecule has 0 atom stereocenters. The van der Waals surface area contributed by atoms with Gasteiger partial charge in [0.05, 0.1) is 0 Å². The topological polar surface area (TPSA) is 46.1 Å². The van der Waals surface area contributed by atoms with Crippen LogP contribution in [-0.2, 0) is 20.0 Å². The van der Waals surface area contributed by atoms with Gasteiger partial charge < -0.3 is 10.2 Å². The summed E-state index contributed by atoms with van der Waals surface area (Å²) < 4.78 is 2.00. The molecule has 0 saturated carbocycles. The van der Waals surface area contributed by atoms with Gasteiger partial charge in [0.1, 0.15) is 0 Å². The molecule has 0 saturated heterocycles. The van der Waals surface area contributed by atoms with E-state index in [2.05, 4.69) is 109 Å². The third-order valence-corrected chi connectivity index (χ3v) is 5.05. The van der Waals surface area contributed by atoms with E-state index in [1.165, 1.54) is 43.1 Å². The Bertz CT molecular complexity index is 1190. The monoisotopic (exact) mass is 468 g/mol. The summed E-state index contributed by atoms with van der Waals surface area (Å²) in [6, 6.07) is 38.5. The Morgan fingerprint density at radius 2 is 0.667 bits per heavy atom. The summed E-state index contributed by atoms with van der Waals surface area (Å²) in [4.78, 5) is 0. The SMILES string of the molecule is C[CH]=[Ti+2].C[O-].C[O-].c1ccc2c(c1)[cH-]c1ccccc12.c1ccc2c(c1)[cH-]c1ccccc12. The van der Waals surface area contributed by atoms with Crippen molar-refractivity contribution < 1.29 is 30.2 Å². The van der Waals surface area contributed by atoms with E-state index in [-0.39, 0.29) is 0 Å². The molecule has 33 heavy (non-hydrogen) atoms. The number of benzene rings is 4. The van der Waals surface area contributed by atoms with E-state index in [0.29, 0.717) is 0 Å². The summed E-state index contributed by atoms with van der Waals surface area (Å²) in [5.41, 5.74) is 0. The minimum atomic E-state index is 0.750. The third-order valence-electron chi connectivity index (χ3n) is 5.05. The second-order valence-corrected chi connectivity index (χ2v) is 7.83. The summed E-state index contributed by atoms with van der Waals surface area (Å²) in [5, 5.41) is 27.3. The zero-order valence-corrected chi connectivity index (χ0v) is 20.8. The van der Waals surface area contributed by atoms with E-state index < -0.39 is 0 Å². The van der Waals surface area contributed by atoms with Gasteiger partial charge in [-0.1, -0.05) is 72.8 Å². The fourth-order valence-electron chi connectivity index (χ4n) is 3.81. The molecule has 0 radical (unpaired) electrons. The van der Waals surface area contributed by atoms with Crippen molar-refractivity contribution in [3.8, 4) is 0 Å². The average molecular weight is 468 g/mol. The molecule has 0 aromatic heterocycles. The molecular weight excluding hydrogens is 440 g/mol. The van der Waals surface area contributed by atoms with Crippen LogP contribution in [0, 0.1) is 0 Å². The molecule has 3 heteroatoms. The van der Waals surface area contributed by atoms with Gasteiger partial charge in [-0.05, 0) is 0 Å². The zero-order chi connectivity index (χ0) is 24.1. The van der Waals surface area contributed by atoms with Gasteiger partial charge in [0.2, 0.25) is 0 Å². The quantitative estimate of drug-likeness (QED) is 0.211. The minimum Gasteiger partial charge on any atom is -0.857 e. The van der Waals surface area contributed by atoms with Gasteiger partial charge in [0, 0.05) is 0 Å². The van der Waals surface area contributed by atoms with E-state index in [9.17, 15) is 0 Å². The maximum atomic E-state index is 8.25. The van der Waals surface area contributed by atoms with Gasteiger partial charge in [-0.15, -0.1) is 79.5 Å². The Labute approximate surface area is 207 Å². The van der Waals surface area contributed by atoms with Gasteiger partial charge >= 0.3 is 31.2 Å². The van der Waals surface area contributed by atoms with Crippen LogP contribution in [0.25, 0.3) is 43.1 Å². The Morgan fingerprint density at radius 1 is 0.485 bits per heavy atom. The van der Waals surface area contributed by atoms with Crippen molar-refractivity contribution in [3.63, 3.8) is 0 Å². The van der Waals surface area contributed by atoms with Gasteiger partial charge in [-0.3, -0.25) is 0 Å². The van der Waals surface area contributed by atoms with Crippen LogP contribution in [0.3, 0.4) is 0 Å². The van der Waals surface area contributed by atoms with Crippen LogP contribution in [0.15, 0.2) is 109 Å². The molecule has 0 aliphatic carbocycles. The molecule has 2 nitrogen and oxygen atoms in total. The summed E-state index contributed by atoms with van der Waals surface area (Å²) >= 11 is 2.00. The Morgan fingerprint density at radius 3 is 0.879 bits per heavy atom. The van der Waals surface area contributed by atoms with Crippen molar-refractivity contribution in [2.24, 2.45) is 0 Å². The van der Waals surface area contributed by atoms with E-state index >= 15 is 0 Å². The van der Waals surface area contributed by atoms with Crippen molar-refractivity contribution in [2.75, 3.05) is 14.2 Å². The molecule has 0 bridgehead atoms. The van der Waals surface area contributed by atoms with Crippen molar-refractivity contribution in [3.05, 3.63) is 109 Å². The van der Waals surface area contributed by atoms with Crippen molar-refractivity contribution in [1.82, 2.24) is 0 Å². The molecule has 0 aliphatic rings. The largest absolute Gasteiger partial charge is 0.857 e. The van der Waals surface area contributed by atoms with Crippen LogP contribution in [0.2, 0.25) is 0 Å². The average Bonchev–Trinajstić information content (AvgIpc) is 3.46. The fraction of sp³-hybridized carbons (Fsp3) is 0.100. The van der Waals surface area contributed by atoms with Gasteiger partial charge in [0.15, 0.2) is 0 Å². The van der Waals surface area contributed by atoms with Crippen LogP contribution < -0.4 is 10.2 Å². The van der Waals surface area contributed by atoms with Crippen molar-refractivity contribution >= 4 is 47.4 Å². The molecule has 0 aliphatic heterocycles. The maximum absolute atomic E-state index is 8.25. The first-order chi connectivity index (χ1) is 16.3. The molecule has 6 aromatic carbocycles. The second kappa shape index (κ2) is 14.3. The molecule has 0 heterocycles. The summed E-state index contributed by atoms with van der Waals surface area (Å²) in [5.74, 6) is 0. The van der Waals surface area contributed by atoms with Gasteiger partial charge in [0.25, 0.3) is 0 Å². The fourth-order valence-corrected chi connectivity index (χ4v) is 3.81. The molecule has 0 N–H and O–H groups in total. The number of hydrogen-bond donors (Lipinski definition) is 0. The van der Waals surface area contributed by atoms with Crippen LogP contribution in [0.4, 0.5) is 0 Å². The predicted octanol–water partition coefficient (Wildman–Crippen LogP) is 5.73. The number of fused-ring (bicyclic) bond motifs is 6. The first-order valence-electron chi connectivity index (χ1n) is 10.6. The maximum Gasteiger partial charge on any atom is -0.0771 e. The molecule has 0 fully saturated rings. The Balaban J connectivity index is 0.000000185. The summed E-state index contributed by atoms with van der Waals surface area (Å²) in [7, 11) is 1.50. The van der Waals surface area contributed by atoms with Gasteiger partial charge in [-0.25, -0.2) is 0 Å². The minimum absolute atomic E-state index is 0.750. The van der Waals surface area contributed by atoms with E-state index in [0.717, 1.165) is 14.2 Å². The van der Waals surface area contributed by atoms with E-state index in [1.54, 1.807) is 0 Å². The molecule has 0 amide bonds. The predicted molar refractivity (Wildman–Crippen MR) is 138 cm³/mol. The molecular formula is C30H28O2Ti-2. The molecule has 0 unspecified atom stereocenters. The first kappa shape index (κ1) is 26.4.